The summed E-state index contributed by atoms with van der Waals surface area (Å²) >= 11 is 4.26. The number of carbonyl (C=O) groups excluding carboxylic acids is 2. The Hall–Kier alpha value is -1.23. The monoisotopic (exact) mass is 241 g/mol. The van der Waals surface area contributed by atoms with Crippen LogP contribution in [0.5, 0.6) is 0 Å². The second-order valence-electron chi connectivity index (χ2n) is 3.30. The normalized spacial score (nSPS) is 10.2. The van der Waals surface area contributed by atoms with Crippen LogP contribution in [0.1, 0.15) is 41.1 Å². The summed E-state index contributed by atoms with van der Waals surface area (Å²) in [4.78, 5) is 22.4. The van der Waals surface area contributed by atoms with Gasteiger partial charge in [0.15, 0.2) is 6.29 Å². The number of hydrogen-bond acceptors (Lipinski definition) is 4. The molecule has 1 aromatic rings. The van der Waals surface area contributed by atoms with Gasteiger partial charge in [0.2, 0.25) is 0 Å². The van der Waals surface area contributed by atoms with Crippen molar-refractivity contribution in [2.75, 3.05) is 6.61 Å². The maximum absolute atomic E-state index is 11.6. The van der Waals surface area contributed by atoms with Gasteiger partial charge in [-0.3, -0.25) is 4.79 Å². The molecule has 0 unspecified atom stereocenters. The lowest BCUT2D eigenvalue weighted by molar-refractivity contribution is 0.0522. The maximum atomic E-state index is 11.6. The molecule has 0 amide bonds. The minimum Gasteiger partial charge on any atom is -0.462 e. The first-order valence-corrected chi connectivity index (χ1v) is 5.65. The number of aldehydes is 1. The molecule has 0 aliphatic heterocycles. The molecule has 88 valence electrons. The van der Waals surface area contributed by atoms with Crippen LogP contribution in [0.3, 0.4) is 0 Å². The van der Waals surface area contributed by atoms with Crippen LogP contribution in [0.4, 0.5) is 0 Å². The third-order valence-corrected chi connectivity index (χ3v) is 2.65. The fourth-order valence-corrected chi connectivity index (χ4v) is 1.84. The van der Waals surface area contributed by atoms with Crippen molar-refractivity contribution >= 4 is 24.9 Å². The molecule has 0 bridgehead atoms. The fourth-order valence-electron chi connectivity index (χ4n) is 1.47. The van der Waals surface area contributed by atoms with E-state index < -0.39 is 5.97 Å². The number of nitrogens with zero attached hydrogens (tertiary/aromatic N) is 1. The molecule has 0 aliphatic carbocycles. The van der Waals surface area contributed by atoms with E-state index in [1.54, 1.807) is 11.5 Å². The number of esters is 1. The average Bonchev–Trinajstić information content (AvgIpc) is 2.57. The predicted molar refractivity (Wildman–Crippen MR) is 63.3 cm³/mol. The summed E-state index contributed by atoms with van der Waals surface area (Å²) in [5.74, 6) is -0.439. The van der Waals surface area contributed by atoms with Gasteiger partial charge in [-0.25, -0.2) is 4.79 Å². The number of aromatic nitrogens is 1. The number of rotatable bonds is 5. The third-order valence-electron chi connectivity index (χ3n) is 2.16. The molecular weight excluding hydrogens is 226 g/mol. The van der Waals surface area contributed by atoms with Gasteiger partial charge in [-0.2, -0.15) is 0 Å². The number of carbonyl (C=O) groups is 2. The molecule has 0 N–H and O–H groups in total. The highest BCUT2D eigenvalue weighted by molar-refractivity contribution is 7.80. The zero-order valence-electron chi connectivity index (χ0n) is 9.40. The first-order valence-electron chi connectivity index (χ1n) is 5.20. The van der Waals surface area contributed by atoms with Gasteiger partial charge in [0, 0.05) is 6.54 Å². The van der Waals surface area contributed by atoms with Gasteiger partial charge in [-0.05, 0) is 19.4 Å². The summed E-state index contributed by atoms with van der Waals surface area (Å²) in [6.07, 6.45) is 1.59. The smallest absolute Gasteiger partial charge is 0.340 e. The molecule has 4 nitrogen and oxygen atoms in total. The van der Waals surface area contributed by atoms with Crippen molar-refractivity contribution in [1.29, 1.82) is 0 Å². The van der Waals surface area contributed by atoms with Crippen molar-refractivity contribution < 1.29 is 14.3 Å². The standard InChI is InChI=1S/C11H15NO3S/c1-3-5-12-8(7-13)6-9(10(12)16)11(14)15-4-2/h6-7,16H,3-5H2,1-2H3. The van der Waals surface area contributed by atoms with Gasteiger partial charge in [0.1, 0.15) is 0 Å². The van der Waals surface area contributed by atoms with E-state index in [4.69, 9.17) is 4.74 Å². The largest absolute Gasteiger partial charge is 0.462 e. The lowest BCUT2D eigenvalue weighted by Crippen LogP contribution is -2.06. The van der Waals surface area contributed by atoms with Gasteiger partial charge in [0.05, 0.1) is 22.9 Å². The Kier molecular flexibility index (Phi) is 4.61. The Morgan fingerprint density at radius 2 is 2.25 bits per heavy atom. The highest BCUT2D eigenvalue weighted by atomic mass is 32.1. The Balaban J connectivity index is 3.12. The van der Waals surface area contributed by atoms with E-state index in [1.165, 1.54) is 6.07 Å². The van der Waals surface area contributed by atoms with Gasteiger partial charge in [0.25, 0.3) is 0 Å². The van der Waals surface area contributed by atoms with E-state index in [0.29, 0.717) is 29.4 Å². The molecule has 0 aromatic carbocycles. The SMILES string of the molecule is CCCn1c(C=O)cc(C(=O)OCC)c1S. The fraction of sp³-hybridized carbons (Fsp3) is 0.455. The quantitative estimate of drug-likeness (QED) is 0.488. The first kappa shape index (κ1) is 12.8. The van der Waals surface area contributed by atoms with E-state index in [2.05, 4.69) is 12.6 Å². The molecule has 1 heterocycles. The predicted octanol–water partition coefficient (Wildman–Crippen LogP) is 2.18. The average molecular weight is 241 g/mol. The minimum atomic E-state index is -0.439. The van der Waals surface area contributed by atoms with Crippen LogP contribution in [0, 0.1) is 0 Å². The Morgan fingerprint density at radius 3 is 2.75 bits per heavy atom. The van der Waals surface area contributed by atoms with E-state index in [0.717, 1.165) is 12.7 Å². The number of thiol groups is 1. The molecular formula is C11H15NO3S. The first-order chi connectivity index (χ1) is 7.65. The number of hydrogen-bond donors (Lipinski definition) is 1. The summed E-state index contributed by atoms with van der Waals surface area (Å²) in [5.41, 5.74) is 0.802. The molecule has 0 radical (unpaired) electrons. The lowest BCUT2D eigenvalue weighted by atomic mass is 10.3. The van der Waals surface area contributed by atoms with E-state index in [1.807, 2.05) is 6.92 Å². The van der Waals surface area contributed by atoms with Crippen LogP contribution in [0.15, 0.2) is 11.1 Å². The van der Waals surface area contributed by atoms with Crippen molar-refractivity contribution in [3.63, 3.8) is 0 Å². The van der Waals surface area contributed by atoms with Crippen LogP contribution < -0.4 is 0 Å². The molecule has 0 atom stereocenters. The minimum absolute atomic E-state index is 0.307. The van der Waals surface area contributed by atoms with Gasteiger partial charge < -0.3 is 9.30 Å². The van der Waals surface area contributed by atoms with Crippen molar-refractivity contribution in [2.45, 2.75) is 31.8 Å². The Bertz CT molecular complexity index is 398. The molecule has 0 aliphatic rings. The van der Waals surface area contributed by atoms with Crippen molar-refractivity contribution in [3.05, 3.63) is 17.3 Å². The lowest BCUT2D eigenvalue weighted by Gasteiger charge is -2.06. The summed E-state index contributed by atoms with van der Waals surface area (Å²) in [6.45, 7) is 4.69. The van der Waals surface area contributed by atoms with Crippen molar-refractivity contribution in [1.82, 2.24) is 4.57 Å². The van der Waals surface area contributed by atoms with Gasteiger partial charge in [-0.15, -0.1) is 12.6 Å². The molecule has 0 saturated carbocycles. The molecule has 0 spiro atoms. The molecule has 0 fully saturated rings. The summed E-state index contributed by atoms with van der Waals surface area (Å²) in [6, 6.07) is 1.52. The summed E-state index contributed by atoms with van der Waals surface area (Å²) < 4.78 is 6.59. The molecule has 0 saturated heterocycles. The summed E-state index contributed by atoms with van der Waals surface area (Å²) in [5, 5.41) is 0.488. The third kappa shape index (κ3) is 2.47. The maximum Gasteiger partial charge on any atom is 0.340 e. The van der Waals surface area contributed by atoms with Crippen LogP contribution in [-0.2, 0) is 11.3 Å². The Morgan fingerprint density at radius 1 is 1.56 bits per heavy atom. The molecule has 1 aromatic heterocycles. The zero-order chi connectivity index (χ0) is 12.1. The highest BCUT2D eigenvalue weighted by Crippen LogP contribution is 2.20. The zero-order valence-corrected chi connectivity index (χ0v) is 10.3. The number of ether oxygens (including phenoxy) is 1. The van der Waals surface area contributed by atoms with Crippen molar-refractivity contribution in [2.24, 2.45) is 0 Å². The van der Waals surface area contributed by atoms with Gasteiger partial charge in [-0.1, -0.05) is 6.92 Å². The van der Waals surface area contributed by atoms with E-state index >= 15 is 0 Å². The van der Waals surface area contributed by atoms with Crippen LogP contribution >= 0.6 is 12.6 Å². The van der Waals surface area contributed by atoms with E-state index in [9.17, 15) is 9.59 Å². The second-order valence-corrected chi connectivity index (χ2v) is 3.72. The highest BCUT2D eigenvalue weighted by Gasteiger charge is 2.18. The van der Waals surface area contributed by atoms with Crippen LogP contribution in [0.25, 0.3) is 0 Å². The summed E-state index contributed by atoms with van der Waals surface area (Å²) in [7, 11) is 0. The molecule has 5 heteroatoms. The van der Waals surface area contributed by atoms with Crippen LogP contribution in [-0.4, -0.2) is 23.4 Å². The van der Waals surface area contributed by atoms with E-state index in [-0.39, 0.29) is 0 Å². The topological polar surface area (TPSA) is 48.3 Å². The molecule has 16 heavy (non-hydrogen) atoms. The Labute approximate surface area is 100.0 Å². The molecule has 1 rings (SSSR count). The van der Waals surface area contributed by atoms with Gasteiger partial charge >= 0.3 is 5.97 Å². The van der Waals surface area contributed by atoms with Crippen molar-refractivity contribution in [3.8, 4) is 0 Å². The van der Waals surface area contributed by atoms with Crippen LogP contribution in [0.2, 0.25) is 0 Å². The second kappa shape index (κ2) is 5.75.